The molecular formula is C24H34O2. The van der Waals surface area contributed by atoms with Crippen LogP contribution in [0, 0.1) is 53.3 Å². The van der Waals surface area contributed by atoms with E-state index in [4.69, 9.17) is 4.74 Å². The van der Waals surface area contributed by atoms with E-state index in [9.17, 15) is 4.79 Å². The van der Waals surface area contributed by atoms with E-state index in [-0.39, 0.29) is 17.5 Å². The van der Waals surface area contributed by atoms with Crippen LogP contribution in [-0.2, 0) is 9.53 Å². The third-order valence-corrected chi connectivity index (χ3v) is 9.72. The van der Waals surface area contributed by atoms with Crippen LogP contribution in [-0.4, -0.2) is 11.6 Å². The van der Waals surface area contributed by atoms with Gasteiger partial charge in [0.25, 0.3) is 0 Å². The van der Waals surface area contributed by atoms with Crippen molar-refractivity contribution in [3.8, 4) is 0 Å². The fourth-order valence-corrected chi connectivity index (χ4v) is 8.78. The van der Waals surface area contributed by atoms with Gasteiger partial charge in [-0.25, -0.2) is 0 Å². The second kappa shape index (κ2) is 5.61. The van der Waals surface area contributed by atoms with Crippen LogP contribution in [0.1, 0.15) is 71.1 Å². The molecule has 2 heteroatoms. The lowest BCUT2D eigenvalue weighted by atomic mass is 9.66. The summed E-state index contributed by atoms with van der Waals surface area (Å²) >= 11 is 0. The molecule has 6 rings (SSSR count). The fourth-order valence-electron chi connectivity index (χ4n) is 8.78. The van der Waals surface area contributed by atoms with Gasteiger partial charge in [0.1, 0.15) is 5.60 Å². The van der Waals surface area contributed by atoms with E-state index in [1.807, 2.05) is 0 Å². The van der Waals surface area contributed by atoms with Gasteiger partial charge in [-0.05, 0) is 92.8 Å². The van der Waals surface area contributed by atoms with Crippen LogP contribution >= 0.6 is 0 Å². The summed E-state index contributed by atoms with van der Waals surface area (Å²) in [4.78, 5) is 13.2. The Kier molecular flexibility index (Phi) is 3.49. The van der Waals surface area contributed by atoms with Gasteiger partial charge in [0.15, 0.2) is 0 Å². The van der Waals surface area contributed by atoms with Gasteiger partial charge in [0.05, 0.1) is 5.92 Å². The molecule has 6 aliphatic rings. The first-order chi connectivity index (χ1) is 12.6. The van der Waals surface area contributed by atoms with Crippen molar-refractivity contribution in [1.29, 1.82) is 0 Å². The zero-order chi connectivity index (χ0) is 17.5. The van der Waals surface area contributed by atoms with Gasteiger partial charge in [-0.1, -0.05) is 37.8 Å². The zero-order valence-corrected chi connectivity index (χ0v) is 16.2. The van der Waals surface area contributed by atoms with Crippen LogP contribution in [0.25, 0.3) is 0 Å². The molecule has 10 atom stereocenters. The van der Waals surface area contributed by atoms with E-state index in [0.29, 0.717) is 5.92 Å². The second-order valence-electron chi connectivity index (χ2n) is 11.0. The monoisotopic (exact) mass is 354 g/mol. The molecule has 2 nitrogen and oxygen atoms in total. The number of hydrogen-bond donors (Lipinski definition) is 0. The average molecular weight is 355 g/mol. The van der Waals surface area contributed by atoms with Gasteiger partial charge in [0, 0.05) is 0 Å². The minimum Gasteiger partial charge on any atom is -0.459 e. The molecule has 0 radical (unpaired) electrons. The summed E-state index contributed by atoms with van der Waals surface area (Å²) in [5.41, 5.74) is -0.175. The largest absolute Gasteiger partial charge is 0.459 e. The molecule has 0 aromatic heterocycles. The summed E-state index contributed by atoms with van der Waals surface area (Å²) in [6.07, 6.45) is 17.9. The SMILES string of the molecule is CC1(OC(=O)C2CC3CC2C2C4C=CC(C4)C32)CCC2CCCCC2C1. The smallest absolute Gasteiger partial charge is 0.309 e. The van der Waals surface area contributed by atoms with E-state index in [1.165, 1.54) is 44.9 Å². The van der Waals surface area contributed by atoms with Crippen LogP contribution in [0.15, 0.2) is 12.2 Å². The highest BCUT2D eigenvalue weighted by molar-refractivity contribution is 5.74. The summed E-state index contributed by atoms with van der Waals surface area (Å²) in [6, 6.07) is 0. The summed E-state index contributed by atoms with van der Waals surface area (Å²) in [6.45, 7) is 2.24. The Balaban J connectivity index is 1.15. The number of rotatable bonds is 2. The highest BCUT2D eigenvalue weighted by atomic mass is 16.6. The molecule has 10 unspecified atom stereocenters. The predicted octanol–water partition coefficient (Wildman–Crippen LogP) is 5.37. The minimum atomic E-state index is -0.175. The Morgan fingerprint density at radius 3 is 2.54 bits per heavy atom. The zero-order valence-electron chi connectivity index (χ0n) is 16.2. The number of hydrogen-bond acceptors (Lipinski definition) is 2. The first-order valence-corrected chi connectivity index (χ1v) is 11.5. The van der Waals surface area contributed by atoms with Crippen LogP contribution in [0.3, 0.4) is 0 Å². The second-order valence-corrected chi connectivity index (χ2v) is 11.0. The fraction of sp³-hybridized carbons (Fsp3) is 0.875. The molecule has 4 bridgehead atoms. The van der Waals surface area contributed by atoms with Crippen molar-refractivity contribution in [2.24, 2.45) is 53.3 Å². The maximum atomic E-state index is 13.2. The molecule has 0 aromatic carbocycles. The lowest BCUT2D eigenvalue weighted by molar-refractivity contribution is -0.173. The number of carbonyl (C=O) groups excluding carboxylic acids is 1. The third kappa shape index (κ3) is 2.26. The molecule has 0 aromatic rings. The minimum absolute atomic E-state index is 0.175. The molecule has 0 saturated heterocycles. The van der Waals surface area contributed by atoms with E-state index >= 15 is 0 Å². The number of fused-ring (bicyclic) bond motifs is 10. The van der Waals surface area contributed by atoms with Gasteiger partial charge in [-0.15, -0.1) is 0 Å². The Bertz CT molecular complexity index is 638. The van der Waals surface area contributed by atoms with Crippen molar-refractivity contribution in [2.75, 3.05) is 0 Å². The molecule has 0 amide bonds. The molecule has 26 heavy (non-hydrogen) atoms. The van der Waals surface area contributed by atoms with E-state index in [1.54, 1.807) is 0 Å². The van der Waals surface area contributed by atoms with Crippen LogP contribution < -0.4 is 0 Å². The maximum Gasteiger partial charge on any atom is 0.309 e. The standard InChI is InChI=1S/C24H34O2/c1-24(9-8-14-4-2-3-5-17(14)13-24)26-23(25)20-12-18-11-19(20)22-16-7-6-15(10-16)21(18)22/h6-7,14-22H,2-5,8-13H2,1H3. The van der Waals surface area contributed by atoms with E-state index in [0.717, 1.165) is 60.7 Å². The van der Waals surface area contributed by atoms with Crippen molar-refractivity contribution in [3.05, 3.63) is 12.2 Å². The van der Waals surface area contributed by atoms with Crippen molar-refractivity contribution >= 4 is 5.97 Å². The summed E-state index contributed by atoms with van der Waals surface area (Å²) in [7, 11) is 0. The summed E-state index contributed by atoms with van der Waals surface area (Å²) in [5.74, 6) is 6.91. The number of carbonyl (C=O) groups is 1. The van der Waals surface area contributed by atoms with E-state index < -0.39 is 0 Å². The van der Waals surface area contributed by atoms with Crippen molar-refractivity contribution in [2.45, 2.75) is 76.7 Å². The molecule has 5 saturated carbocycles. The van der Waals surface area contributed by atoms with Crippen molar-refractivity contribution in [3.63, 3.8) is 0 Å². The predicted molar refractivity (Wildman–Crippen MR) is 101 cm³/mol. The van der Waals surface area contributed by atoms with Gasteiger partial charge >= 0.3 is 5.97 Å². The molecule has 0 heterocycles. The lowest BCUT2D eigenvalue weighted by Crippen LogP contribution is -2.44. The maximum absolute atomic E-state index is 13.2. The highest BCUT2D eigenvalue weighted by Crippen LogP contribution is 2.67. The molecule has 5 fully saturated rings. The molecule has 142 valence electrons. The first kappa shape index (κ1) is 16.2. The van der Waals surface area contributed by atoms with Crippen LogP contribution in [0.2, 0.25) is 0 Å². The Labute approximate surface area is 158 Å². The Morgan fingerprint density at radius 2 is 1.69 bits per heavy atom. The Hall–Kier alpha value is -0.790. The number of esters is 1. The summed E-state index contributed by atoms with van der Waals surface area (Å²) < 4.78 is 6.34. The van der Waals surface area contributed by atoms with Crippen molar-refractivity contribution < 1.29 is 9.53 Å². The topological polar surface area (TPSA) is 26.3 Å². The molecular weight excluding hydrogens is 320 g/mol. The normalized spacial score (nSPS) is 56.4. The van der Waals surface area contributed by atoms with Crippen LogP contribution in [0.5, 0.6) is 0 Å². The van der Waals surface area contributed by atoms with Crippen molar-refractivity contribution in [1.82, 2.24) is 0 Å². The van der Waals surface area contributed by atoms with Gasteiger partial charge < -0.3 is 4.74 Å². The number of allylic oxidation sites excluding steroid dienone is 2. The molecule has 0 spiro atoms. The highest BCUT2D eigenvalue weighted by Gasteiger charge is 2.62. The third-order valence-electron chi connectivity index (χ3n) is 9.72. The average Bonchev–Trinajstić information content (AvgIpc) is 3.39. The van der Waals surface area contributed by atoms with Gasteiger partial charge in [0.2, 0.25) is 0 Å². The molecule has 0 N–H and O–H groups in total. The molecule has 0 aliphatic heterocycles. The van der Waals surface area contributed by atoms with Crippen LogP contribution in [0.4, 0.5) is 0 Å². The lowest BCUT2D eigenvalue weighted by Gasteiger charge is -2.45. The number of ether oxygens (including phenoxy) is 1. The van der Waals surface area contributed by atoms with E-state index in [2.05, 4.69) is 19.1 Å². The molecule has 6 aliphatic carbocycles. The first-order valence-electron chi connectivity index (χ1n) is 11.5. The Morgan fingerprint density at radius 1 is 0.923 bits per heavy atom. The van der Waals surface area contributed by atoms with Gasteiger partial charge in [-0.3, -0.25) is 4.79 Å². The summed E-state index contributed by atoms with van der Waals surface area (Å²) in [5, 5.41) is 0. The quantitative estimate of drug-likeness (QED) is 0.378. The van der Waals surface area contributed by atoms with Gasteiger partial charge in [-0.2, -0.15) is 0 Å².